The van der Waals surface area contributed by atoms with Gasteiger partial charge in [-0.15, -0.1) is 0 Å². The van der Waals surface area contributed by atoms with Gasteiger partial charge in [-0.05, 0) is 30.7 Å². The third-order valence-corrected chi connectivity index (χ3v) is 3.78. The van der Waals surface area contributed by atoms with Gasteiger partial charge >= 0.3 is 0 Å². The summed E-state index contributed by atoms with van der Waals surface area (Å²) in [5.74, 6) is 0.947. The monoisotopic (exact) mass is 231 g/mol. The molecular weight excluding hydrogens is 206 g/mol. The lowest BCUT2D eigenvalue weighted by atomic mass is 10.0. The van der Waals surface area contributed by atoms with Gasteiger partial charge in [0.2, 0.25) is 0 Å². The summed E-state index contributed by atoms with van der Waals surface area (Å²) in [5.41, 5.74) is 1.46. The van der Waals surface area contributed by atoms with Gasteiger partial charge in [0, 0.05) is 12.1 Å². The molecule has 1 aliphatic rings. The SMILES string of the molecule is CCCC(NC1CC1CCC)c1ccccc1. The van der Waals surface area contributed by atoms with E-state index in [0.717, 1.165) is 12.0 Å². The molecule has 1 aliphatic carbocycles. The summed E-state index contributed by atoms with van der Waals surface area (Å²) in [6, 6.07) is 12.3. The van der Waals surface area contributed by atoms with Crippen molar-refractivity contribution < 1.29 is 0 Å². The minimum Gasteiger partial charge on any atom is -0.307 e. The lowest BCUT2D eigenvalue weighted by Gasteiger charge is -2.18. The highest BCUT2D eigenvalue weighted by atomic mass is 15.0. The quantitative estimate of drug-likeness (QED) is 0.737. The maximum Gasteiger partial charge on any atom is 0.0322 e. The molecule has 3 unspecified atom stereocenters. The maximum atomic E-state index is 3.84. The Balaban J connectivity index is 1.90. The van der Waals surface area contributed by atoms with Gasteiger partial charge in [-0.2, -0.15) is 0 Å². The van der Waals surface area contributed by atoms with Crippen LogP contribution in [0.4, 0.5) is 0 Å². The zero-order valence-corrected chi connectivity index (χ0v) is 11.2. The lowest BCUT2D eigenvalue weighted by Crippen LogP contribution is -2.24. The molecule has 1 aromatic carbocycles. The number of rotatable bonds is 7. The first kappa shape index (κ1) is 12.6. The van der Waals surface area contributed by atoms with E-state index in [1.165, 1.54) is 37.7 Å². The van der Waals surface area contributed by atoms with Crippen LogP contribution in [0.2, 0.25) is 0 Å². The summed E-state index contributed by atoms with van der Waals surface area (Å²) < 4.78 is 0. The van der Waals surface area contributed by atoms with E-state index in [1.54, 1.807) is 0 Å². The molecule has 0 spiro atoms. The zero-order chi connectivity index (χ0) is 12.1. The average molecular weight is 231 g/mol. The van der Waals surface area contributed by atoms with E-state index in [1.807, 2.05) is 0 Å². The lowest BCUT2D eigenvalue weighted by molar-refractivity contribution is 0.470. The summed E-state index contributed by atoms with van der Waals surface area (Å²) >= 11 is 0. The van der Waals surface area contributed by atoms with E-state index >= 15 is 0 Å². The predicted octanol–water partition coefficient (Wildman–Crippen LogP) is 4.31. The summed E-state index contributed by atoms with van der Waals surface area (Å²) in [5, 5.41) is 3.84. The van der Waals surface area contributed by atoms with Crippen LogP contribution in [0.3, 0.4) is 0 Å². The van der Waals surface area contributed by atoms with Crippen LogP contribution in [0.1, 0.15) is 57.6 Å². The van der Waals surface area contributed by atoms with E-state index < -0.39 is 0 Å². The van der Waals surface area contributed by atoms with Gasteiger partial charge in [0.25, 0.3) is 0 Å². The Bertz CT molecular complexity index is 320. The molecule has 2 rings (SSSR count). The van der Waals surface area contributed by atoms with Gasteiger partial charge in [-0.3, -0.25) is 0 Å². The van der Waals surface area contributed by atoms with E-state index in [2.05, 4.69) is 49.5 Å². The molecule has 3 atom stereocenters. The Morgan fingerprint density at radius 2 is 1.94 bits per heavy atom. The van der Waals surface area contributed by atoms with Gasteiger partial charge < -0.3 is 5.32 Å². The Labute approximate surface area is 106 Å². The van der Waals surface area contributed by atoms with Crippen LogP contribution >= 0.6 is 0 Å². The Hall–Kier alpha value is -0.820. The van der Waals surface area contributed by atoms with E-state index in [0.29, 0.717) is 6.04 Å². The van der Waals surface area contributed by atoms with Crippen molar-refractivity contribution in [3.8, 4) is 0 Å². The maximum absolute atomic E-state index is 3.84. The molecule has 0 amide bonds. The van der Waals surface area contributed by atoms with Crippen molar-refractivity contribution in [1.29, 1.82) is 0 Å². The van der Waals surface area contributed by atoms with Crippen molar-refractivity contribution >= 4 is 0 Å². The molecule has 1 aromatic rings. The van der Waals surface area contributed by atoms with Crippen LogP contribution in [0, 0.1) is 5.92 Å². The second-order valence-electron chi connectivity index (χ2n) is 5.31. The third kappa shape index (κ3) is 3.57. The van der Waals surface area contributed by atoms with Gasteiger partial charge in [0.05, 0.1) is 0 Å². The van der Waals surface area contributed by atoms with Crippen LogP contribution in [0.5, 0.6) is 0 Å². The van der Waals surface area contributed by atoms with Crippen molar-refractivity contribution in [3.63, 3.8) is 0 Å². The zero-order valence-electron chi connectivity index (χ0n) is 11.2. The van der Waals surface area contributed by atoms with Crippen LogP contribution in [0.15, 0.2) is 30.3 Å². The number of nitrogens with one attached hydrogen (secondary N) is 1. The number of hydrogen-bond acceptors (Lipinski definition) is 1. The highest BCUT2D eigenvalue weighted by Crippen LogP contribution is 2.37. The first-order valence-corrected chi connectivity index (χ1v) is 7.16. The van der Waals surface area contributed by atoms with Crippen molar-refractivity contribution in [1.82, 2.24) is 5.32 Å². The molecule has 0 aromatic heterocycles. The molecule has 0 bridgehead atoms. The number of benzene rings is 1. The summed E-state index contributed by atoms with van der Waals surface area (Å²) in [6.45, 7) is 4.56. The van der Waals surface area contributed by atoms with Gasteiger partial charge in [0.1, 0.15) is 0 Å². The fourth-order valence-electron chi connectivity index (χ4n) is 2.72. The average Bonchev–Trinajstić information content (AvgIpc) is 3.09. The molecule has 17 heavy (non-hydrogen) atoms. The van der Waals surface area contributed by atoms with Crippen LogP contribution in [-0.2, 0) is 0 Å². The molecule has 1 heteroatoms. The van der Waals surface area contributed by atoms with Crippen molar-refractivity contribution in [2.75, 3.05) is 0 Å². The minimum absolute atomic E-state index is 0.563. The third-order valence-electron chi connectivity index (χ3n) is 3.78. The second kappa shape index (κ2) is 6.20. The Morgan fingerprint density at radius 3 is 2.59 bits per heavy atom. The Kier molecular flexibility index (Phi) is 4.61. The minimum atomic E-state index is 0.563. The molecular formula is C16H25N. The first-order chi connectivity index (χ1) is 8.35. The second-order valence-corrected chi connectivity index (χ2v) is 5.31. The molecule has 0 saturated heterocycles. The molecule has 0 aliphatic heterocycles. The van der Waals surface area contributed by atoms with E-state index in [4.69, 9.17) is 0 Å². The van der Waals surface area contributed by atoms with Crippen molar-refractivity contribution in [2.24, 2.45) is 5.92 Å². The molecule has 1 saturated carbocycles. The standard InChI is InChI=1S/C16H25N/c1-3-8-14-12-16(14)17-15(9-4-2)13-10-6-5-7-11-13/h5-7,10-11,14-17H,3-4,8-9,12H2,1-2H3. The smallest absolute Gasteiger partial charge is 0.0322 e. The largest absolute Gasteiger partial charge is 0.307 e. The summed E-state index contributed by atoms with van der Waals surface area (Å²) in [6.07, 6.45) is 6.61. The highest BCUT2D eigenvalue weighted by Gasteiger charge is 2.37. The molecule has 0 heterocycles. The highest BCUT2D eigenvalue weighted by molar-refractivity contribution is 5.19. The van der Waals surface area contributed by atoms with Gasteiger partial charge in [-0.1, -0.05) is 57.0 Å². The normalized spacial score (nSPS) is 24.6. The molecule has 0 radical (unpaired) electrons. The van der Waals surface area contributed by atoms with Crippen LogP contribution in [-0.4, -0.2) is 6.04 Å². The van der Waals surface area contributed by atoms with E-state index in [9.17, 15) is 0 Å². The summed E-state index contributed by atoms with van der Waals surface area (Å²) in [4.78, 5) is 0. The number of hydrogen-bond donors (Lipinski definition) is 1. The molecule has 1 fully saturated rings. The van der Waals surface area contributed by atoms with Crippen molar-refractivity contribution in [2.45, 2.75) is 58.0 Å². The van der Waals surface area contributed by atoms with Crippen LogP contribution < -0.4 is 5.32 Å². The molecule has 1 N–H and O–H groups in total. The molecule has 94 valence electrons. The van der Waals surface area contributed by atoms with Gasteiger partial charge in [0.15, 0.2) is 0 Å². The fraction of sp³-hybridized carbons (Fsp3) is 0.625. The fourth-order valence-corrected chi connectivity index (χ4v) is 2.72. The molecule has 1 nitrogen and oxygen atoms in total. The van der Waals surface area contributed by atoms with Crippen LogP contribution in [0.25, 0.3) is 0 Å². The Morgan fingerprint density at radius 1 is 1.18 bits per heavy atom. The first-order valence-electron chi connectivity index (χ1n) is 7.16. The summed E-state index contributed by atoms with van der Waals surface area (Å²) in [7, 11) is 0. The predicted molar refractivity (Wildman–Crippen MR) is 74.0 cm³/mol. The van der Waals surface area contributed by atoms with E-state index in [-0.39, 0.29) is 0 Å². The van der Waals surface area contributed by atoms with Crippen molar-refractivity contribution in [3.05, 3.63) is 35.9 Å². The topological polar surface area (TPSA) is 12.0 Å². The van der Waals surface area contributed by atoms with Gasteiger partial charge in [-0.25, -0.2) is 0 Å².